The summed E-state index contributed by atoms with van der Waals surface area (Å²) in [5, 5.41) is 14.4. The summed E-state index contributed by atoms with van der Waals surface area (Å²) in [6.45, 7) is 2.89. The highest BCUT2D eigenvalue weighted by molar-refractivity contribution is 9.10. The number of rotatable bonds is 3. The first kappa shape index (κ1) is 18.0. The molecule has 0 saturated heterocycles. The number of anilines is 1. The van der Waals surface area contributed by atoms with Crippen LogP contribution in [0.5, 0.6) is 0 Å². The maximum absolute atomic E-state index is 12.1. The minimum absolute atomic E-state index is 0.0521. The minimum atomic E-state index is -0.343. The van der Waals surface area contributed by atoms with Gasteiger partial charge in [0.2, 0.25) is 0 Å². The zero-order valence-electron chi connectivity index (χ0n) is 15.2. The Hall–Kier alpha value is -2.41. The summed E-state index contributed by atoms with van der Waals surface area (Å²) in [5.41, 5.74) is 3.74. The normalized spacial score (nSPS) is 23.4. The van der Waals surface area contributed by atoms with Crippen molar-refractivity contribution in [1.82, 2.24) is 5.01 Å². The molecule has 0 saturated carbocycles. The number of hydrogen-bond acceptors (Lipinski definition) is 6. The fraction of sp³-hybridized carbons (Fsp3) is 0.350. The molecular formula is C20H21BrN4O2. The molecule has 0 aromatic heterocycles. The van der Waals surface area contributed by atoms with E-state index in [1.54, 1.807) is 6.07 Å². The van der Waals surface area contributed by atoms with E-state index < -0.39 is 0 Å². The number of nitrogens with zero attached hydrogens (tertiary/aromatic N) is 3. The number of esters is 1. The molecule has 3 atom stereocenters. The van der Waals surface area contributed by atoms with E-state index in [9.17, 15) is 4.79 Å². The summed E-state index contributed by atoms with van der Waals surface area (Å²) in [4.78, 5) is 12.1. The monoisotopic (exact) mass is 428 g/mol. The maximum atomic E-state index is 12.1. The van der Waals surface area contributed by atoms with Gasteiger partial charge in [0.1, 0.15) is 0 Å². The Morgan fingerprint density at radius 3 is 2.89 bits per heavy atom. The van der Waals surface area contributed by atoms with Gasteiger partial charge in [-0.15, -0.1) is 0 Å². The average Bonchev–Trinajstić information content (AvgIpc) is 2.97. The molecule has 0 aliphatic carbocycles. The molecule has 0 fully saturated rings. The summed E-state index contributed by atoms with van der Waals surface area (Å²) in [6, 6.07) is 14.1. The molecule has 2 aliphatic rings. The van der Waals surface area contributed by atoms with Gasteiger partial charge >= 0.3 is 5.97 Å². The van der Waals surface area contributed by atoms with E-state index >= 15 is 0 Å². The predicted molar refractivity (Wildman–Crippen MR) is 107 cm³/mol. The Balaban J connectivity index is 1.74. The Morgan fingerprint density at radius 2 is 2.07 bits per heavy atom. The predicted octanol–water partition coefficient (Wildman–Crippen LogP) is 4.91. The molecule has 3 unspecified atom stereocenters. The van der Waals surface area contributed by atoms with E-state index in [1.807, 2.05) is 18.2 Å². The lowest BCUT2D eigenvalue weighted by atomic mass is 9.92. The number of methoxy groups -OCH3 is 1. The first-order valence-electron chi connectivity index (χ1n) is 8.99. The van der Waals surface area contributed by atoms with Crippen molar-refractivity contribution in [2.45, 2.75) is 31.5 Å². The third-order valence-electron chi connectivity index (χ3n) is 5.18. The zero-order valence-corrected chi connectivity index (χ0v) is 16.8. The van der Waals surface area contributed by atoms with Gasteiger partial charge in [-0.1, -0.05) is 39.4 Å². The van der Waals surface area contributed by atoms with Crippen LogP contribution in [-0.4, -0.2) is 30.7 Å². The molecular weight excluding hydrogens is 408 g/mol. The quantitative estimate of drug-likeness (QED) is 0.705. The highest BCUT2D eigenvalue weighted by Crippen LogP contribution is 2.42. The van der Waals surface area contributed by atoms with Crippen LogP contribution >= 0.6 is 15.9 Å². The van der Waals surface area contributed by atoms with Crippen LogP contribution in [0.1, 0.15) is 46.9 Å². The van der Waals surface area contributed by atoms with Gasteiger partial charge in [-0.25, -0.2) is 4.79 Å². The summed E-state index contributed by atoms with van der Waals surface area (Å²) in [6.07, 6.45) is 0.848. The van der Waals surface area contributed by atoms with Gasteiger partial charge < -0.3 is 10.1 Å². The van der Waals surface area contributed by atoms with Crippen molar-refractivity contribution < 1.29 is 9.53 Å². The van der Waals surface area contributed by atoms with Crippen LogP contribution in [0.4, 0.5) is 5.69 Å². The van der Waals surface area contributed by atoms with Crippen molar-refractivity contribution in [3.63, 3.8) is 0 Å². The molecule has 140 valence electrons. The lowest BCUT2D eigenvalue weighted by Gasteiger charge is -2.24. The number of para-hydroxylation sites is 1. The number of carbonyl (C=O) groups is 1. The van der Waals surface area contributed by atoms with Crippen LogP contribution in [0.15, 0.2) is 57.3 Å². The van der Waals surface area contributed by atoms with Crippen molar-refractivity contribution in [1.29, 1.82) is 0 Å². The van der Waals surface area contributed by atoms with Crippen molar-refractivity contribution >= 4 is 27.6 Å². The summed E-state index contributed by atoms with van der Waals surface area (Å²) < 4.78 is 5.96. The van der Waals surface area contributed by atoms with Crippen LogP contribution in [0.25, 0.3) is 0 Å². The van der Waals surface area contributed by atoms with Crippen molar-refractivity contribution in [3.8, 4) is 0 Å². The number of fused-ring (bicyclic) bond motifs is 3. The summed E-state index contributed by atoms with van der Waals surface area (Å²) in [7, 11) is 1.40. The fourth-order valence-corrected chi connectivity index (χ4v) is 4.27. The van der Waals surface area contributed by atoms with Gasteiger partial charge in [0.05, 0.1) is 30.8 Å². The number of halogens is 1. The Labute approximate surface area is 166 Å². The molecule has 7 heteroatoms. The molecule has 0 amide bonds. The van der Waals surface area contributed by atoms with E-state index in [4.69, 9.17) is 4.74 Å². The SMILES string of the molecule is COC(=O)c1ccccc1NC1CCN2N=NC(C)C2c2ccc(Br)cc21. The molecule has 1 N–H and O–H groups in total. The largest absolute Gasteiger partial charge is 0.465 e. The van der Waals surface area contributed by atoms with Crippen LogP contribution in [-0.2, 0) is 4.74 Å². The van der Waals surface area contributed by atoms with E-state index in [2.05, 4.69) is 61.7 Å². The zero-order chi connectivity index (χ0) is 19.0. The maximum Gasteiger partial charge on any atom is 0.339 e. The van der Waals surface area contributed by atoms with E-state index in [1.165, 1.54) is 18.2 Å². The van der Waals surface area contributed by atoms with Crippen LogP contribution in [0, 0.1) is 0 Å². The first-order valence-corrected chi connectivity index (χ1v) is 9.78. The number of nitrogens with one attached hydrogen (secondary N) is 1. The second-order valence-corrected chi connectivity index (χ2v) is 7.77. The fourth-order valence-electron chi connectivity index (χ4n) is 3.89. The minimum Gasteiger partial charge on any atom is -0.465 e. The van der Waals surface area contributed by atoms with Gasteiger partial charge in [0, 0.05) is 16.7 Å². The summed E-state index contributed by atoms with van der Waals surface area (Å²) in [5.74, 6) is -0.343. The molecule has 0 bridgehead atoms. The Morgan fingerprint density at radius 1 is 1.26 bits per heavy atom. The molecule has 2 aromatic carbocycles. The van der Waals surface area contributed by atoms with E-state index in [0.29, 0.717) is 5.56 Å². The van der Waals surface area contributed by atoms with Crippen molar-refractivity contribution in [2.75, 3.05) is 19.0 Å². The number of hydrogen-bond donors (Lipinski definition) is 1. The van der Waals surface area contributed by atoms with Crippen LogP contribution < -0.4 is 5.32 Å². The molecule has 27 heavy (non-hydrogen) atoms. The molecule has 2 aromatic rings. The highest BCUT2D eigenvalue weighted by atomic mass is 79.9. The number of ether oxygens (including phenoxy) is 1. The Kier molecular flexibility index (Phi) is 4.86. The second kappa shape index (κ2) is 7.31. The number of carbonyl (C=O) groups excluding carboxylic acids is 1. The van der Waals surface area contributed by atoms with Crippen LogP contribution in [0.2, 0.25) is 0 Å². The third-order valence-corrected chi connectivity index (χ3v) is 5.67. The molecule has 0 spiro atoms. The van der Waals surface area contributed by atoms with E-state index in [0.717, 1.165) is 23.1 Å². The lowest BCUT2D eigenvalue weighted by molar-refractivity contribution is 0.0602. The van der Waals surface area contributed by atoms with Crippen LogP contribution in [0.3, 0.4) is 0 Å². The first-order chi connectivity index (χ1) is 13.1. The van der Waals surface area contributed by atoms with Crippen molar-refractivity contribution in [2.24, 2.45) is 10.3 Å². The molecule has 4 rings (SSSR count). The smallest absolute Gasteiger partial charge is 0.339 e. The number of benzene rings is 2. The van der Waals surface area contributed by atoms with E-state index in [-0.39, 0.29) is 24.1 Å². The lowest BCUT2D eigenvalue weighted by Crippen LogP contribution is -2.25. The average molecular weight is 429 g/mol. The third kappa shape index (κ3) is 3.32. The molecule has 2 heterocycles. The standard InChI is InChI=1S/C20H21BrN4O2/c1-12-19-14-8-7-13(21)11-16(14)18(9-10-25(19)24-23-12)22-17-6-4-3-5-15(17)20(26)27-2/h3-8,11-12,18-19,22H,9-10H2,1-2H3. The molecule has 0 radical (unpaired) electrons. The van der Waals surface area contributed by atoms with Gasteiger partial charge in [0.15, 0.2) is 0 Å². The molecule has 2 aliphatic heterocycles. The van der Waals surface area contributed by atoms with Gasteiger partial charge in [-0.05, 0) is 48.7 Å². The second-order valence-electron chi connectivity index (χ2n) is 6.85. The summed E-state index contributed by atoms with van der Waals surface area (Å²) >= 11 is 3.60. The van der Waals surface area contributed by atoms with Gasteiger partial charge in [-0.2, -0.15) is 5.11 Å². The Bertz CT molecular complexity index is 901. The topological polar surface area (TPSA) is 66.3 Å². The highest BCUT2D eigenvalue weighted by Gasteiger charge is 2.37. The van der Waals surface area contributed by atoms with Gasteiger partial charge in [0.25, 0.3) is 0 Å². The van der Waals surface area contributed by atoms with Crippen molar-refractivity contribution in [3.05, 3.63) is 63.6 Å². The molecule has 6 nitrogen and oxygen atoms in total. The van der Waals surface area contributed by atoms with Gasteiger partial charge in [-0.3, -0.25) is 5.01 Å².